The maximum atomic E-state index is 14.4. The minimum atomic E-state index is -1.15. The standard InChI is InChI=1S/C21H17ClF2N2O6S/c1-3-9-4-5-14-15(16(9)22)11(18(33-14)20(28)32-26-21(29)30-2)8-31-17-12(23)6-10(19(25)27)7-13(17)24/h4-7H,3,8H2,1-2H3,(H2,25,27)(H,26,29). The molecule has 8 nitrogen and oxygen atoms in total. The van der Waals surface area contributed by atoms with Gasteiger partial charge >= 0.3 is 12.1 Å². The quantitative estimate of drug-likeness (QED) is 0.483. The molecule has 0 aliphatic heterocycles. The van der Waals surface area contributed by atoms with Gasteiger partial charge in [-0.25, -0.2) is 18.4 Å². The van der Waals surface area contributed by atoms with Gasteiger partial charge in [-0.05, 0) is 30.2 Å². The monoisotopic (exact) mass is 498 g/mol. The number of aryl methyl sites for hydroxylation is 1. The number of methoxy groups -OCH3 is 1. The van der Waals surface area contributed by atoms with Gasteiger partial charge in [-0.1, -0.05) is 24.6 Å². The van der Waals surface area contributed by atoms with Gasteiger partial charge in [0, 0.05) is 21.2 Å². The van der Waals surface area contributed by atoms with Crippen molar-refractivity contribution < 1.29 is 37.5 Å². The van der Waals surface area contributed by atoms with Crippen molar-refractivity contribution in [2.24, 2.45) is 5.73 Å². The number of halogens is 3. The van der Waals surface area contributed by atoms with Crippen LogP contribution in [0.3, 0.4) is 0 Å². The second-order valence-electron chi connectivity index (χ2n) is 6.58. The molecule has 0 saturated heterocycles. The van der Waals surface area contributed by atoms with Crippen LogP contribution in [0.1, 0.15) is 38.1 Å². The molecule has 0 spiro atoms. The summed E-state index contributed by atoms with van der Waals surface area (Å²) in [5, 5.41) is 0.787. The number of nitrogens with two attached hydrogens (primary N) is 1. The number of fused-ring (bicyclic) bond motifs is 1. The Labute approximate surface area is 195 Å². The molecule has 0 saturated carbocycles. The summed E-state index contributed by atoms with van der Waals surface area (Å²) in [7, 11) is 1.08. The molecule has 3 aromatic rings. The van der Waals surface area contributed by atoms with Gasteiger partial charge in [0.2, 0.25) is 5.91 Å². The fourth-order valence-electron chi connectivity index (χ4n) is 2.99. The van der Waals surface area contributed by atoms with Crippen molar-refractivity contribution in [3.8, 4) is 5.75 Å². The molecule has 1 aromatic heterocycles. The van der Waals surface area contributed by atoms with Gasteiger partial charge in [0.05, 0.1) is 12.1 Å². The summed E-state index contributed by atoms with van der Waals surface area (Å²) < 4.78 is 39.0. The van der Waals surface area contributed by atoms with E-state index >= 15 is 0 Å². The van der Waals surface area contributed by atoms with Crippen LogP contribution in [0.4, 0.5) is 13.6 Å². The molecule has 0 unspecified atom stereocenters. The molecule has 3 N–H and O–H groups in total. The highest BCUT2D eigenvalue weighted by Gasteiger charge is 2.25. The predicted octanol–water partition coefficient (Wildman–Crippen LogP) is 4.50. The lowest BCUT2D eigenvalue weighted by molar-refractivity contribution is 0.0242. The van der Waals surface area contributed by atoms with E-state index in [1.165, 1.54) is 0 Å². The Morgan fingerprint density at radius 3 is 2.42 bits per heavy atom. The number of hydroxylamine groups is 1. The van der Waals surface area contributed by atoms with Crippen molar-refractivity contribution in [2.45, 2.75) is 20.0 Å². The number of thiophene rings is 1. The fraction of sp³-hybridized carbons (Fsp3) is 0.190. The summed E-state index contributed by atoms with van der Waals surface area (Å²) in [6.07, 6.45) is -0.417. The number of carbonyl (C=O) groups is 3. The summed E-state index contributed by atoms with van der Waals surface area (Å²) in [6, 6.07) is 5.01. The fourth-order valence-corrected chi connectivity index (χ4v) is 4.55. The van der Waals surface area contributed by atoms with Crippen molar-refractivity contribution in [1.82, 2.24) is 5.48 Å². The molecule has 1 heterocycles. The molecule has 2 amide bonds. The van der Waals surface area contributed by atoms with Gasteiger partial charge in [-0.3, -0.25) is 4.79 Å². The van der Waals surface area contributed by atoms with Crippen LogP contribution in [0.15, 0.2) is 24.3 Å². The number of hydrogen-bond donors (Lipinski definition) is 2. The van der Waals surface area contributed by atoms with Crippen molar-refractivity contribution >= 4 is 51.0 Å². The zero-order valence-electron chi connectivity index (χ0n) is 17.3. The molecule has 0 bridgehead atoms. The van der Waals surface area contributed by atoms with Gasteiger partial charge in [0.25, 0.3) is 0 Å². The van der Waals surface area contributed by atoms with Gasteiger partial charge in [0.1, 0.15) is 11.5 Å². The van der Waals surface area contributed by atoms with Crippen LogP contribution in [0, 0.1) is 11.6 Å². The lowest BCUT2D eigenvalue weighted by Crippen LogP contribution is -2.26. The topological polar surface area (TPSA) is 117 Å². The molecular formula is C21H17ClF2N2O6S. The molecule has 3 rings (SSSR count). The van der Waals surface area contributed by atoms with E-state index in [4.69, 9.17) is 26.9 Å². The minimum Gasteiger partial charge on any atom is -0.483 e. The molecule has 0 atom stereocenters. The van der Waals surface area contributed by atoms with Crippen molar-refractivity contribution in [1.29, 1.82) is 0 Å². The third-order valence-electron chi connectivity index (χ3n) is 4.59. The second-order valence-corrected chi connectivity index (χ2v) is 8.01. The van der Waals surface area contributed by atoms with Gasteiger partial charge in [0.15, 0.2) is 17.4 Å². The van der Waals surface area contributed by atoms with E-state index in [0.717, 1.165) is 36.1 Å². The Morgan fingerprint density at radius 1 is 1.18 bits per heavy atom. The number of primary amides is 1. The summed E-state index contributed by atoms with van der Waals surface area (Å²) in [4.78, 5) is 39.8. The number of ether oxygens (including phenoxy) is 2. The van der Waals surface area contributed by atoms with E-state index in [1.807, 2.05) is 6.92 Å². The molecule has 0 aliphatic rings. The number of carbonyl (C=O) groups excluding carboxylic acids is 3. The molecule has 0 radical (unpaired) electrons. The van der Waals surface area contributed by atoms with E-state index < -0.39 is 42.0 Å². The first-order valence-electron chi connectivity index (χ1n) is 9.37. The Hall–Kier alpha value is -3.44. The Morgan fingerprint density at radius 2 is 1.85 bits per heavy atom. The zero-order valence-corrected chi connectivity index (χ0v) is 18.9. The number of benzene rings is 2. The zero-order chi connectivity index (χ0) is 24.3. The number of nitrogens with one attached hydrogen (secondary N) is 1. The number of hydrogen-bond acceptors (Lipinski definition) is 7. The van der Waals surface area contributed by atoms with Crippen LogP contribution >= 0.6 is 22.9 Å². The minimum absolute atomic E-state index is 0.00821. The first kappa shape index (κ1) is 24.2. The first-order valence-corrected chi connectivity index (χ1v) is 10.6. The van der Waals surface area contributed by atoms with Crippen LogP contribution in [0.2, 0.25) is 5.02 Å². The van der Waals surface area contributed by atoms with Gasteiger partial charge in [-0.15, -0.1) is 16.8 Å². The molecule has 12 heteroatoms. The average Bonchev–Trinajstić information content (AvgIpc) is 3.16. The number of amides is 2. The average molecular weight is 499 g/mol. The lowest BCUT2D eigenvalue weighted by atomic mass is 10.1. The van der Waals surface area contributed by atoms with Crippen LogP contribution < -0.4 is 16.0 Å². The van der Waals surface area contributed by atoms with Crippen molar-refractivity contribution in [3.05, 3.63) is 62.5 Å². The van der Waals surface area contributed by atoms with Gasteiger partial charge < -0.3 is 20.0 Å². The first-order chi connectivity index (χ1) is 15.7. The SMILES string of the molecule is CCc1ccc2sc(C(=O)ONC(=O)OC)c(COc3c(F)cc(C(N)=O)cc3F)c2c1Cl. The van der Waals surface area contributed by atoms with E-state index in [2.05, 4.69) is 4.74 Å². The predicted molar refractivity (Wildman–Crippen MR) is 116 cm³/mol. The summed E-state index contributed by atoms with van der Waals surface area (Å²) in [6.45, 7) is 1.41. The number of rotatable bonds is 6. The van der Waals surface area contributed by atoms with E-state index in [0.29, 0.717) is 21.5 Å². The van der Waals surface area contributed by atoms with E-state index in [1.54, 1.807) is 17.6 Å². The van der Waals surface area contributed by atoms with Crippen LogP contribution in [-0.4, -0.2) is 25.1 Å². The summed E-state index contributed by atoms with van der Waals surface area (Å²) >= 11 is 7.52. The lowest BCUT2D eigenvalue weighted by Gasteiger charge is -2.11. The van der Waals surface area contributed by atoms with E-state index in [-0.39, 0.29) is 16.0 Å². The van der Waals surface area contributed by atoms with Crippen LogP contribution in [0.5, 0.6) is 5.75 Å². The van der Waals surface area contributed by atoms with Crippen molar-refractivity contribution in [2.75, 3.05) is 7.11 Å². The Balaban J connectivity index is 2.03. The largest absolute Gasteiger partial charge is 0.483 e. The smallest absolute Gasteiger partial charge is 0.440 e. The molecule has 0 fully saturated rings. The summed E-state index contributed by atoms with van der Waals surface area (Å²) in [5.41, 5.74) is 7.47. The normalized spacial score (nSPS) is 10.7. The Bertz CT molecular complexity index is 1240. The van der Waals surface area contributed by atoms with E-state index in [9.17, 15) is 23.2 Å². The highest BCUT2D eigenvalue weighted by Crippen LogP contribution is 2.39. The molecule has 33 heavy (non-hydrogen) atoms. The summed E-state index contributed by atoms with van der Waals surface area (Å²) in [5.74, 6) is -5.04. The second kappa shape index (κ2) is 10.0. The molecule has 2 aromatic carbocycles. The highest BCUT2D eigenvalue weighted by atomic mass is 35.5. The molecule has 0 aliphatic carbocycles. The third kappa shape index (κ3) is 4.99. The third-order valence-corrected chi connectivity index (χ3v) is 6.20. The maximum absolute atomic E-state index is 14.4. The highest BCUT2D eigenvalue weighted by molar-refractivity contribution is 7.21. The Kier molecular flexibility index (Phi) is 7.34. The van der Waals surface area contributed by atoms with Crippen LogP contribution in [-0.2, 0) is 22.6 Å². The molecule has 174 valence electrons. The molecular weight excluding hydrogens is 482 g/mol. The van der Waals surface area contributed by atoms with Crippen LogP contribution in [0.25, 0.3) is 10.1 Å². The van der Waals surface area contributed by atoms with Crippen molar-refractivity contribution in [3.63, 3.8) is 0 Å². The maximum Gasteiger partial charge on any atom is 0.440 e. The van der Waals surface area contributed by atoms with Gasteiger partial charge in [-0.2, -0.15) is 0 Å².